The van der Waals surface area contributed by atoms with Crippen molar-refractivity contribution in [2.24, 2.45) is 5.73 Å². The highest BCUT2D eigenvalue weighted by molar-refractivity contribution is 5.26. The Kier molecular flexibility index (Phi) is 1.71. The summed E-state index contributed by atoms with van der Waals surface area (Å²) in [6.45, 7) is 1.37. The van der Waals surface area contributed by atoms with Crippen molar-refractivity contribution in [2.45, 2.75) is 19.8 Å². The summed E-state index contributed by atoms with van der Waals surface area (Å²) in [6.07, 6.45) is 0. The molecular formula is C8H10N2O2. The van der Waals surface area contributed by atoms with E-state index >= 15 is 0 Å². The molecule has 0 unspecified atom stereocenters. The van der Waals surface area contributed by atoms with Gasteiger partial charge in [0.15, 0.2) is 0 Å². The van der Waals surface area contributed by atoms with E-state index in [1.54, 1.807) is 0 Å². The van der Waals surface area contributed by atoms with Crippen LogP contribution in [0.3, 0.4) is 0 Å². The molecule has 0 saturated carbocycles. The van der Waals surface area contributed by atoms with Crippen LogP contribution in [0.15, 0.2) is 10.9 Å². The van der Waals surface area contributed by atoms with Gasteiger partial charge < -0.3 is 15.5 Å². The molecule has 0 bridgehead atoms. The molecular weight excluding hydrogens is 156 g/mol. The Morgan fingerprint density at radius 2 is 2.42 bits per heavy atom. The molecule has 3 N–H and O–H groups in total. The summed E-state index contributed by atoms with van der Waals surface area (Å²) in [6, 6.07) is 1.82. The smallest absolute Gasteiger partial charge is 0.252 e. The minimum Gasteiger partial charge on any atom is -0.370 e. The third-order valence-electron chi connectivity index (χ3n) is 2.02. The Hall–Kier alpha value is -1.13. The Labute approximate surface area is 69.4 Å². The van der Waals surface area contributed by atoms with Crippen LogP contribution in [0.2, 0.25) is 0 Å². The molecule has 2 rings (SSSR count). The molecule has 0 aromatic carbocycles. The van der Waals surface area contributed by atoms with Gasteiger partial charge in [0, 0.05) is 17.8 Å². The first-order valence-electron chi connectivity index (χ1n) is 3.83. The summed E-state index contributed by atoms with van der Waals surface area (Å²) in [5.74, 6) is 0. The summed E-state index contributed by atoms with van der Waals surface area (Å²) < 4.78 is 5.16. The first-order valence-corrected chi connectivity index (χ1v) is 3.83. The predicted molar refractivity (Wildman–Crippen MR) is 43.4 cm³/mol. The minimum absolute atomic E-state index is 0.0956. The number of pyridine rings is 1. The lowest BCUT2D eigenvalue weighted by Gasteiger charge is -1.99. The van der Waals surface area contributed by atoms with Gasteiger partial charge in [0.1, 0.15) is 0 Å². The maximum atomic E-state index is 11.2. The van der Waals surface area contributed by atoms with E-state index in [9.17, 15) is 4.79 Å². The number of hydrogen-bond acceptors (Lipinski definition) is 3. The van der Waals surface area contributed by atoms with Crippen LogP contribution in [0, 0.1) is 0 Å². The van der Waals surface area contributed by atoms with Crippen LogP contribution in [0.25, 0.3) is 0 Å². The van der Waals surface area contributed by atoms with Crippen molar-refractivity contribution in [3.05, 3.63) is 33.2 Å². The number of ether oxygens (including phenoxy) is 1. The third-order valence-corrected chi connectivity index (χ3v) is 2.02. The molecule has 0 saturated heterocycles. The zero-order chi connectivity index (χ0) is 8.55. The normalized spacial score (nSPS) is 14.8. The average molecular weight is 166 g/mol. The second kappa shape index (κ2) is 2.73. The SMILES string of the molecule is NCc1cc2c([nH]c1=O)COC2. The van der Waals surface area contributed by atoms with Gasteiger partial charge in [-0.05, 0) is 11.6 Å². The first-order chi connectivity index (χ1) is 5.81. The number of aromatic amines is 1. The maximum absolute atomic E-state index is 11.2. The van der Waals surface area contributed by atoms with Crippen molar-refractivity contribution >= 4 is 0 Å². The van der Waals surface area contributed by atoms with E-state index in [2.05, 4.69) is 4.98 Å². The van der Waals surface area contributed by atoms with Crippen LogP contribution in [0.4, 0.5) is 0 Å². The van der Waals surface area contributed by atoms with Crippen LogP contribution in [-0.2, 0) is 24.5 Å². The summed E-state index contributed by atoms with van der Waals surface area (Å²) >= 11 is 0. The Balaban J connectivity index is 2.57. The van der Waals surface area contributed by atoms with Gasteiger partial charge in [0.25, 0.3) is 5.56 Å². The van der Waals surface area contributed by atoms with E-state index in [-0.39, 0.29) is 12.1 Å². The van der Waals surface area contributed by atoms with Gasteiger partial charge in [-0.1, -0.05) is 0 Å². The number of fused-ring (bicyclic) bond motifs is 1. The van der Waals surface area contributed by atoms with Crippen LogP contribution < -0.4 is 11.3 Å². The molecule has 64 valence electrons. The summed E-state index contributed by atoms with van der Waals surface area (Å²) in [5, 5.41) is 0. The standard InChI is InChI=1S/C8H10N2O2/c9-2-5-1-6-3-12-4-7(6)10-8(5)11/h1H,2-4,9H2,(H,10,11). The quantitative estimate of drug-likeness (QED) is 0.610. The largest absolute Gasteiger partial charge is 0.370 e. The van der Waals surface area contributed by atoms with Gasteiger partial charge >= 0.3 is 0 Å². The Bertz CT molecular complexity index is 357. The van der Waals surface area contributed by atoms with Crippen molar-refractivity contribution in [1.29, 1.82) is 0 Å². The second-order valence-corrected chi connectivity index (χ2v) is 2.82. The van der Waals surface area contributed by atoms with Crippen molar-refractivity contribution < 1.29 is 4.74 Å². The predicted octanol–water partition coefficient (Wildman–Crippen LogP) is -0.136. The highest BCUT2D eigenvalue weighted by Crippen LogP contribution is 2.15. The molecule has 4 heteroatoms. The average Bonchev–Trinajstić information content (AvgIpc) is 2.49. The fourth-order valence-electron chi connectivity index (χ4n) is 1.33. The summed E-state index contributed by atoms with van der Waals surface area (Å²) in [7, 11) is 0. The maximum Gasteiger partial charge on any atom is 0.252 e. The van der Waals surface area contributed by atoms with E-state index < -0.39 is 0 Å². The molecule has 1 aliphatic heterocycles. The van der Waals surface area contributed by atoms with Crippen LogP contribution in [0.5, 0.6) is 0 Å². The topological polar surface area (TPSA) is 68.1 Å². The highest BCUT2D eigenvalue weighted by atomic mass is 16.5. The van der Waals surface area contributed by atoms with Crippen molar-refractivity contribution in [1.82, 2.24) is 4.98 Å². The number of rotatable bonds is 1. The second-order valence-electron chi connectivity index (χ2n) is 2.82. The third kappa shape index (κ3) is 1.05. The monoisotopic (exact) mass is 166 g/mol. The van der Waals surface area contributed by atoms with E-state index in [1.807, 2.05) is 6.07 Å². The molecule has 1 aliphatic rings. The lowest BCUT2D eigenvalue weighted by molar-refractivity contribution is 0.133. The van der Waals surface area contributed by atoms with Crippen molar-refractivity contribution in [2.75, 3.05) is 0 Å². The van der Waals surface area contributed by atoms with Gasteiger partial charge in [-0.15, -0.1) is 0 Å². The van der Waals surface area contributed by atoms with E-state index in [4.69, 9.17) is 10.5 Å². The van der Waals surface area contributed by atoms with Gasteiger partial charge in [-0.3, -0.25) is 4.79 Å². The molecule has 12 heavy (non-hydrogen) atoms. The molecule has 0 fully saturated rings. The van der Waals surface area contributed by atoms with Crippen LogP contribution >= 0.6 is 0 Å². The lowest BCUT2D eigenvalue weighted by Crippen LogP contribution is -2.17. The van der Waals surface area contributed by atoms with Gasteiger partial charge in [-0.25, -0.2) is 0 Å². The summed E-state index contributed by atoms with van der Waals surface area (Å²) in [4.78, 5) is 14.0. The van der Waals surface area contributed by atoms with Crippen molar-refractivity contribution in [3.8, 4) is 0 Å². The van der Waals surface area contributed by atoms with Crippen LogP contribution in [0.1, 0.15) is 16.8 Å². The van der Waals surface area contributed by atoms with Crippen molar-refractivity contribution in [3.63, 3.8) is 0 Å². The van der Waals surface area contributed by atoms with E-state index in [0.29, 0.717) is 18.8 Å². The number of hydrogen-bond donors (Lipinski definition) is 2. The number of aromatic nitrogens is 1. The fraction of sp³-hybridized carbons (Fsp3) is 0.375. The van der Waals surface area contributed by atoms with E-state index in [1.165, 1.54) is 0 Å². The zero-order valence-corrected chi connectivity index (χ0v) is 6.59. The molecule has 1 aromatic rings. The molecule has 2 heterocycles. The number of H-pyrrole nitrogens is 1. The van der Waals surface area contributed by atoms with E-state index in [0.717, 1.165) is 11.3 Å². The molecule has 0 amide bonds. The Morgan fingerprint density at radius 3 is 3.17 bits per heavy atom. The highest BCUT2D eigenvalue weighted by Gasteiger charge is 2.13. The summed E-state index contributed by atoms with van der Waals surface area (Å²) in [5.41, 5.74) is 7.85. The molecule has 0 spiro atoms. The molecule has 1 aromatic heterocycles. The number of nitrogens with two attached hydrogens (primary N) is 1. The lowest BCUT2D eigenvalue weighted by atomic mass is 10.1. The zero-order valence-electron chi connectivity index (χ0n) is 6.59. The van der Waals surface area contributed by atoms with Gasteiger partial charge in [-0.2, -0.15) is 0 Å². The molecule has 0 radical (unpaired) electrons. The van der Waals surface area contributed by atoms with Gasteiger partial charge in [0.2, 0.25) is 0 Å². The fourth-order valence-corrected chi connectivity index (χ4v) is 1.33. The molecule has 4 nitrogen and oxygen atoms in total. The minimum atomic E-state index is -0.0956. The van der Waals surface area contributed by atoms with Gasteiger partial charge in [0.05, 0.1) is 13.2 Å². The molecule has 0 aliphatic carbocycles. The Morgan fingerprint density at radius 1 is 1.58 bits per heavy atom. The van der Waals surface area contributed by atoms with Crippen LogP contribution in [-0.4, -0.2) is 4.98 Å². The molecule has 0 atom stereocenters. The number of nitrogens with one attached hydrogen (secondary N) is 1. The first kappa shape index (κ1) is 7.52.